The Morgan fingerprint density at radius 3 is 2.14 bits per heavy atom. The minimum atomic E-state index is -1.17. The number of carbonyl (C=O) groups is 3. The van der Waals surface area contributed by atoms with Crippen molar-refractivity contribution in [3.05, 3.63) is 88.4 Å². The molecule has 3 aromatic rings. The Morgan fingerprint density at radius 2 is 1.57 bits per heavy atom. The van der Waals surface area contributed by atoms with Gasteiger partial charge in [0.2, 0.25) is 5.91 Å². The Kier molecular flexibility index (Phi) is 7.07. The quantitative estimate of drug-likeness (QED) is 0.401. The molecule has 1 aliphatic rings. The van der Waals surface area contributed by atoms with E-state index >= 15 is 0 Å². The molecule has 0 saturated heterocycles. The van der Waals surface area contributed by atoms with E-state index in [1.807, 2.05) is 36.4 Å². The molecule has 0 bridgehead atoms. The zero-order chi connectivity index (χ0) is 25.1. The van der Waals surface area contributed by atoms with Gasteiger partial charge in [0.25, 0.3) is 0 Å². The maximum absolute atomic E-state index is 12.9. The van der Waals surface area contributed by atoms with Crippen LogP contribution in [-0.2, 0) is 9.53 Å². The second-order valence-electron chi connectivity index (χ2n) is 8.71. The summed E-state index contributed by atoms with van der Waals surface area (Å²) in [7, 11) is 0. The van der Waals surface area contributed by atoms with Crippen molar-refractivity contribution in [2.45, 2.75) is 25.8 Å². The fourth-order valence-corrected chi connectivity index (χ4v) is 4.54. The maximum atomic E-state index is 12.9. The Morgan fingerprint density at radius 1 is 0.971 bits per heavy atom. The van der Waals surface area contributed by atoms with Gasteiger partial charge in [-0.1, -0.05) is 74.0 Å². The molecular formula is C27H25ClN2O5. The van der Waals surface area contributed by atoms with Gasteiger partial charge in [-0.2, -0.15) is 0 Å². The van der Waals surface area contributed by atoms with Crippen LogP contribution in [0.1, 0.15) is 41.3 Å². The summed E-state index contributed by atoms with van der Waals surface area (Å²) in [5.74, 6) is -2.03. The topological polar surface area (TPSA) is 105 Å². The van der Waals surface area contributed by atoms with Gasteiger partial charge in [0.05, 0.1) is 5.56 Å². The number of nitrogens with one attached hydrogen (secondary N) is 2. The number of halogens is 1. The van der Waals surface area contributed by atoms with Gasteiger partial charge < -0.3 is 20.5 Å². The van der Waals surface area contributed by atoms with E-state index in [1.165, 1.54) is 18.2 Å². The molecule has 1 atom stereocenters. The van der Waals surface area contributed by atoms with Crippen LogP contribution in [0.3, 0.4) is 0 Å². The molecule has 2 amide bonds. The van der Waals surface area contributed by atoms with E-state index in [0.717, 1.165) is 22.3 Å². The highest BCUT2D eigenvalue weighted by atomic mass is 35.5. The van der Waals surface area contributed by atoms with Crippen LogP contribution >= 0.6 is 11.6 Å². The Bertz CT molecular complexity index is 1240. The number of ether oxygens (including phenoxy) is 1. The number of carboxylic acid groups (broad SMARTS) is 1. The van der Waals surface area contributed by atoms with Crippen molar-refractivity contribution in [2.24, 2.45) is 5.92 Å². The summed E-state index contributed by atoms with van der Waals surface area (Å²) in [5.41, 5.74) is 4.60. The van der Waals surface area contributed by atoms with Crippen LogP contribution in [0, 0.1) is 5.92 Å². The zero-order valence-corrected chi connectivity index (χ0v) is 20.0. The summed E-state index contributed by atoms with van der Waals surface area (Å²) in [4.78, 5) is 36.8. The summed E-state index contributed by atoms with van der Waals surface area (Å²) in [6.45, 7) is 3.70. The first-order valence-electron chi connectivity index (χ1n) is 11.2. The van der Waals surface area contributed by atoms with Gasteiger partial charge in [0.1, 0.15) is 12.6 Å². The number of aromatic carboxylic acids is 1. The lowest BCUT2D eigenvalue weighted by Gasteiger charge is -2.22. The van der Waals surface area contributed by atoms with E-state index in [9.17, 15) is 19.5 Å². The smallest absolute Gasteiger partial charge is 0.407 e. The molecule has 0 radical (unpaired) electrons. The SMILES string of the molecule is CC(C)[C@@H](NC(=O)OCC1c2ccccc2-c2ccccc21)C(=O)Nc1cc(Cl)cc(C(=O)O)c1. The first-order chi connectivity index (χ1) is 16.7. The molecule has 4 rings (SSSR count). The Labute approximate surface area is 208 Å². The number of alkyl carbamates (subject to hydrolysis) is 1. The van der Waals surface area contributed by atoms with E-state index in [2.05, 4.69) is 22.8 Å². The van der Waals surface area contributed by atoms with Crippen LogP contribution in [0.2, 0.25) is 5.02 Å². The molecule has 0 saturated carbocycles. The summed E-state index contributed by atoms with van der Waals surface area (Å²) in [6.07, 6.45) is -0.710. The lowest BCUT2D eigenvalue weighted by molar-refractivity contribution is -0.119. The first kappa shape index (κ1) is 24.3. The second-order valence-corrected chi connectivity index (χ2v) is 9.15. The number of amides is 2. The number of fused-ring (bicyclic) bond motifs is 3. The van der Waals surface area contributed by atoms with Crippen molar-refractivity contribution >= 4 is 35.3 Å². The highest BCUT2D eigenvalue weighted by Gasteiger charge is 2.30. The summed E-state index contributed by atoms with van der Waals surface area (Å²) in [6, 6.07) is 19.2. The van der Waals surface area contributed by atoms with Gasteiger partial charge in [0.15, 0.2) is 0 Å². The number of carboxylic acids is 1. The van der Waals surface area contributed by atoms with E-state index in [1.54, 1.807) is 13.8 Å². The predicted octanol–water partition coefficient (Wildman–Crippen LogP) is 5.54. The molecule has 1 aliphatic carbocycles. The van der Waals surface area contributed by atoms with Gasteiger partial charge in [-0.15, -0.1) is 0 Å². The number of rotatable bonds is 7. The van der Waals surface area contributed by atoms with Crippen molar-refractivity contribution < 1.29 is 24.2 Å². The minimum Gasteiger partial charge on any atom is -0.478 e. The summed E-state index contributed by atoms with van der Waals surface area (Å²) < 4.78 is 5.56. The number of carbonyl (C=O) groups excluding carboxylic acids is 2. The van der Waals surface area contributed by atoms with Crippen LogP contribution in [0.5, 0.6) is 0 Å². The number of anilines is 1. The van der Waals surface area contributed by atoms with Crippen LogP contribution in [0.15, 0.2) is 66.7 Å². The molecule has 0 heterocycles. The third kappa shape index (κ3) is 5.30. The first-order valence-corrected chi connectivity index (χ1v) is 11.6. The van der Waals surface area contributed by atoms with Gasteiger partial charge in [-0.3, -0.25) is 4.79 Å². The van der Waals surface area contributed by atoms with Gasteiger partial charge >= 0.3 is 12.1 Å². The van der Waals surface area contributed by atoms with Crippen molar-refractivity contribution in [1.82, 2.24) is 5.32 Å². The molecule has 35 heavy (non-hydrogen) atoms. The summed E-state index contributed by atoms with van der Waals surface area (Å²) in [5, 5.41) is 14.7. The van der Waals surface area contributed by atoms with Gasteiger partial charge in [-0.25, -0.2) is 9.59 Å². The molecular weight excluding hydrogens is 468 g/mol. The zero-order valence-electron chi connectivity index (χ0n) is 19.2. The molecule has 180 valence electrons. The lowest BCUT2D eigenvalue weighted by atomic mass is 9.98. The minimum absolute atomic E-state index is 0.0570. The average molecular weight is 493 g/mol. The molecule has 0 fully saturated rings. The highest BCUT2D eigenvalue weighted by molar-refractivity contribution is 6.31. The number of hydrogen-bond acceptors (Lipinski definition) is 4. The van der Waals surface area contributed by atoms with Crippen LogP contribution in [-0.4, -0.2) is 35.7 Å². The Balaban J connectivity index is 1.43. The van der Waals surface area contributed by atoms with E-state index in [0.29, 0.717) is 0 Å². The largest absolute Gasteiger partial charge is 0.478 e. The van der Waals surface area contributed by atoms with Crippen molar-refractivity contribution in [1.29, 1.82) is 0 Å². The average Bonchev–Trinajstić information content (AvgIpc) is 3.14. The normalized spacial score (nSPS) is 13.0. The summed E-state index contributed by atoms with van der Waals surface area (Å²) >= 11 is 5.97. The van der Waals surface area contributed by atoms with Crippen LogP contribution in [0.4, 0.5) is 10.5 Å². The fraction of sp³-hybridized carbons (Fsp3) is 0.222. The lowest BCUT2D eigenvalue weighted by Crippen LogP contribution is -2.47. The molecule has 0 unspecified atom stereocenters. The predicted molar refractivity (Wildman–Crippen MR) is 134 cm³/mol. The van der Waals surface area contributed by atoms with Gasteiger partial charge in [-0.05, 0) is 46.4 Å². The van der Waals surface area contributed by atoms with Crippen molar-refractivity contribution in [2.75, 3.05) is 11.9 Å². The number of benzene rings is 3. The van der Waals surface area contributed by atoms with Crippen molar-refractivity contribution in [3.8, 4) is 11.1 Å². The molecule has 0 aliphatic heterocycles. The molecule has 3 aromatic carbocycles. The number of hydrogen-bond donors (Lipinski definition) is 3. The van der Waals surface area contributed by atoms with E-state index in [-0.39, 0.29) is 34.7 Å². The fourth-order valence-electron chi connectivity index (χ4n) is 4.31. The van der Waals surface area contributed by atoms with Crippen LogP contribution < -0.4 is 10.6 Å². The molecule has 0 spiro atoms. The highest BCUT2D eigenvalue weighted by Crippen LogP contribution is 2.44. The monoisotopic (exact) mass is 492 g/mol. The molecule has 8 heteroatoms. The molecule has 7 nitrogen and oxygen atoms in total. The third-order valence-corrected chi connectivity index (χ3v) is 6.20. The van der Waals surface area contributed by atoms with E-state index < -0.39 is 24.0 Å². The van der Waals surface area contributed by atoms with Gasteiger partial charge in [0, 0.05) is 16.6 Å². The third-order valence-electron chi connectivity index (χ3n) is 5.98. The van der Waals surface area contributed by atoms with E-state index in [4.69, 9.17) is 16.3 Å². The molecule has 3 N–H and O–H groups in total. The molecule has 0 aromatic heterocycles. The standard InChI is InChI=1S/C27H25ClN2O5/c1-15(2)24(25(31)29-18-12-16(26(32)33)11-17(28)13-18)30-27(34)35-14-23-21-9-5-3-7-19(21)20-8-4-6-10-22(20)23/h3-13,15,23-24H,14H2,1-2H3,(H,29,31)(H,30,34)(H,32,33)/t24-/m1/s1. The van der Waals surface area contributed by atoms with Crippen LogP contribution in [0.25, 0.3) is 11.1 Å². The van der Waals surface area contributed by atoms with Crippen molar-refractivity contribution in [3.63, 3.8) is 0 Å². The second kappa shape index (κ2) is 10.2. The Hall–Kier alpha value is -3.84. The maximum Gasteiger partial charge on any atom is 0.407 e.